The van der Waals surface area contributed by atoms with Crippen LogP contribution in [0.2, 0.25) is 5.02 Å². The number of rotatable bonds is 4. The van der Waals surface area contributed by atoms with Crippen molar-refractivity contribution in [3.8, 4) is 11.5 Å². The molecule has 0 unspecified atom stereocenters. The summed E-state index contributed by atoms with van der Waals surface area (Å²) in [6.07, 6.45) is 2.58. The van der Waals surface area contributed by atoms with Gasteiger partial charge in [0, 0.05) is 41.8 Å². The summed E-state index contributed by atoms with van der Waals surface area (Å²) in [5.74, 6) is 1.07. The van der Waals surface area contributed by atoms with Crippen LogP contribution in [0.4, 0.5) is 0 Å². The number of hydrogen-bond acceptors (Lipinski definition) is 5. The Bertz CT molecular complexity index is 889. The van der Waals surface area contributed by atoms with Crippen molar-refractivity contribution < 1.29 is 9.84 Å². The van der Waals surface area contributed by atoms with E-state index in [1.54, 1.807) is 19.2 Å². The van der Waals surface area contributed by atoms with Crippen molar-refractivity contribution in [2.75, 3.05) is 26.7 Å². The van der Waals surface area contributed by atoms with E-state index in [-0.39, 0.29) is 17.5 Å². The van der Waals surface area contributed by atoms with Crippen molar-refractivity contribution in [1.29, 1.82) is 0 Å². The summed E-state index contributed by atoms with van der Waals surface area (Å²) < 4.78 is 5.31. The summed E-state index contributed by atoms with van der Waals surface area (Å²) in [5, 5.41) is 14.9. The van der Waals surface area contributed by atoms with Crippen LogP contribution >= 0.6 is 11.6 Å². The zero-order valence-electron chi connectivity index (χ0n) is 17.0. The van der Waals surface area contributed by atoms with Gasteiger partial charge in [0.2, 0.25) is 0 Å². The second kappa shape index (κ2) is 8.34. The van der Waals surface area contributed by atoms with E-state index in [1.165, 1.54) is 5.56 Å². The van der Waals surface area contributed by atoms with Gasteiger partial charge in [-0.15, -0.1) is 0 Å². The fourth-order valence-corrected chi connectivity index (χ4v) is 4.52. The quantitative estimate of drug-likeness (QED) is 0.780. The van der Waals surface area contributed by atoms with E-state index in [2.05, 4.69) is 29.3 Å². The van der Waals surface area contributed by atoms with Crippen LogP contribution in [-0.4, -0.2) is 48.1 Å². The number of likely N-dealkylation sites (tertiary alicyclic amines) is 1. The molecule has 1 spiro atoms. The van der Waals surface area contributed by atoms with Crippen LogP contribution in [0.25, 0.3) is 0 Å². The molecule has 2 aliphatic heterocycles. The Balaban J connectivity index is 1.71. The Labute approximate surface area is 177 Å². The van der Waals surface area contributed by atoms with E-state index in [4.69, 9.17) is 21.3 Å². The lowest BCUT2D eigenvalue weighted by atomic mass is 9.87. The summed E-state index contributed by atoms with van der Waals surface area (Å²) in [6, 6.07) is 13.5. The maximum absolute atomic E-state index is 10.5. The minimum atomic E-state index is -0.321. The van der Waals surface area contributed by atoms with Crippen LogP contribution in [0.5, 0.6) is 11.5 Å². The first-order valence-electron chi connectivity index (χ1n) is 10.2. The predicted octanol–water partition coefficient (Wildman–Crippen LogP) is 4.39. The summed E-state index contributed by atoms with van der Waals surface area (Å²) >= 11 is 6.24. The number of nitrogens with one attached hydrogen (secondary N) is 1. The summed E-state index contributed by atoms with van der Waals surface area (Å²) in [5.41, 5.74) is 2.51. The molecule has 0 aromatic heterocycles. The van der Waals surface area contributed by atoms with Crippen LogP contribution in [0.15, 0.2) is 47.5 Å². The lowest BCUT2D eigenvalue weighted by Crippen LogP contribution is -2.56. The highest BCUT2D eigenvalue weighted by molar-refractivity contribution is 6.31. The maximum atomic E-state index is 10.5. The van der Waals surface area contributed by atoms with Crippen LogP contribution < -0.4 is 10.1 Å². The number of halogens is 1. The molecule has 0 amide bonds. The van der Waals surface area contributed by atoms with Crippen LogP contribution in [0.3, 0.4) is 0 Å². The normalized spacial score (nSPS) is 21.8. The third-order valence-electron chi connectivity index (χ3n) is 6.11. The maximum Gasteiger partial charge on any atom is 0.124 e. The molecule has 0 saturated carbocycles. The topological polar surface area (TPSA) is 57.1 Å². The molecular formula is C23H28ClN3O2. The van der Waals surface area contributed by atoms with Crippen molar-refractivity contribution in [3.05, 3.63) is 58.6 Å². The standard InChI is InChI=1S/C23H28ClN3O2/c1-3-27-12-10-23(11-13-27)25-20(16-4-7-18(29-2)8-5-16)15-21(26-23)19-14-17(24)6-9-22(19)28/h4-9,14,20,25,28H,3,10-13,15H2,1-2H3/t20-/m0/s1. The average molecular weight is 414 g/mol. The number of aliphatic imine (C=N–C) groups is 1. The molecule has 1 saturated heterocycles. The van der Waals surface area contributed by atoms with Gasteiger partial charge in [0.1, 0.15) is 17.2 Å². The van der Waals surface area contributed by atoms with Gasteiger partial charge in [0.25, 0.3) is 0 Å². The molecule has 1 atom stereocenters. The van der Waals surface area contributed by atoms with Gasteiger partial charge in [-0.3, -0.25) is 10.3 Å². The minimum absolute atomic E-state index is 0.111. The largest absolute Gasteiger partial charge is 0.507 e. The van der Waals surface area contributed by atoms with E-state index in [9.17, 15) is 5.11 Å². The van der Waals surface area contributed by atoms with Gasteiger partial charge >= 0.3 is 0 Å². The molecule has 154 valence electrons. The fourth-order valence-electron chi connectivity index (χ4n) is 4.35. The van der Waals surface area contributed by atoms with E-state index in [0.717, 1.165) is 49.5 Å². The molecule has 6 heteroatoms. The first-order chi connectivity index (χ1) is 14.0. The van der Waals surface area contributed by atoms with Crippen LogP contribution in [0, 0.1) is 0 Å². The Morgan fingerprint density at radius 2 is 1.93 bits per heavy atom. The number of aromatic hydroxyl groups is 1. The lowest BCUT2D eigenvalue weighted by molar-refractivity contribution is 0.129. The molecule has 2 aromatic rings. The number of ether oxygens (including phenoxy) is 1. The second-order valence-electron chi connectivity index (χ2n) is 7.86. The molecule has 2 N–H and O–H groups in total. The van der Waals surface area contributed by atoms with Gasteiger partial charge in [-0.1, -0.05) is 30.7 Å². The molecule has 4 rings (SSSR count). The number of nitrogens with zero attached hydrogens (tertiary/aromatic N) is 2. The molecule has 0 aliphatic carbocycles. The number of hydrogen-bond donors (Lipinski definition) is 2. The second-order valence-corrected chi connectivity index (χ2v) is 8.30. The summed E-state index contributed by atoms with van der Waals surface area (Å²) in [7, 11) is 1.68. The van der Waals surface area contributed by atoms with Gasteiger partial charge in [-0.05, 0) is 55.3 Å². The molecule has 29 heavy (non-hydrogen) atoms. The number of phenols is 1. The molecule has 2 aliphatic rings. The van der Waals surface area contributed by atoms with E-state index in [0.29, 0.717) is 11.4 Å². The van der Waals surface area contributed by atoms with Gasteiger partial charge in [0.05, 0.1) is 7.11 Å². The third-order valence-corrected chi connectivity index (χ3v) is 6.34. The molecule has 5 nitrogen and oxygen atoms in total. The Morgan fingerprint density at radius 1 is 1.21 bits per heavy atom. The first kappa shape index (κ1) is 20.2. The number of phenolic OH excluding ortho intramolecular Hbond substituents is 1. The monoisotopic (exact) mass is 413 g/mol. The Kier molecular flexibility index (Phi) is 5.81. The van der Waals surface area contributed by atoms with Gasteiger partial charge in [-0.25, -0.2) is 0 Å². The fraction of sp³-hybridized carbons (Fsp3) is 0.435. The highest BCUT2D eigenvalue weighted by Crippen LogP contribution is 2.37. The molecule has 2 heterocycles. The first-order valence-corrected chi connectivity index (χ1v) is 10.6. The zero-order valence-corrected chi connectivity index (χ0v) is 17.7. The highest BCUT2D eigenvalue weighted by atomic mass is 35.5. The number of methoxy groups -OCH3 is 1. The predicted molar refractivity (Wildman–Crippen MR) is 117 cm³/mol. The Hall–Kier alpha value is -2.08. The van der Waals surface area contributed by atoms with E-state index < -0.39 is 0 Å². The van der Waals surface area contributed by atoms with Gasteiger partial charge < -0.3 is 14.7 Å². The van der Waals surface area contributed by atoms with Crippen LogP contribution in [0.1, 0.15) is 43.4 Å². The van der Waals surface area contributed by atoms with Crippen molar-refractivity contribution in [1.82, 2.24) is 10.2 Å². The molecule has 2 aromatic carbocycles. The van der Waals surface area contributed by atoms with Crippen molar-refractivity contribution >= 4 is 17.3 Å². The summed E-state index contributed by atoms with van der Waals surface area (Å²) in [4.78, 5) is 7.61. The highest BCUT2D eigenvalue weighted by Gasteiger charge is 2.40. The van der Waals surface area contributed by atoms with Crippen molar-refractivity contribution in [2.45, 2.75) is 37.9 Å². The smallest absolute Gasteiger partial charge is 0.124 e. The number of benzene rings is 2. The molecule has 0 radical (unpaired) electrons. The molecular weight excluding hydrogens is 386 g/mol. The van der Waals surface area contributed by atoms with Crippen molar-refractivity contribution in [2.24, 2.45) is 4.99 Å². The Morgan fingerprint density at radius 3 is 2.59 bits per heavy atom. The SMILES string of the molecule is CCN1CCC2(CC1)N=C(c1cc(Cl)ccc1O)C[C@@H](c1ccc(OC)cc1)N2. The van der Waals surface area contributed by atoms with E-state index in [1.807, 2.05) is 18.2 Å². The summed E-state index contributed by atoms with van der Waals surface area (Å²) in [6.45, 7) is 5.28. The number of piperidine rings is 1. The molecule has 1 fully saturated rings. The van der Waals surface area contributed by atoms with Gasteiger partial charge in [0.15, 0.2) is 0 Å². The van der Waals surface area contributed by atoms with Gasteiger partial charge in [-0.2, -0.15) is 0 Å². The molecule has 0 bridgehead atoms. The van der Waals surface area contributed by atoms with E-state index >= 15 is 0 Å². The average Bonchev–Trinajstić information content (AvgIpc) is 2.76. The lowest BCUT2D eigenvalue weighted by Gasteiger charge is -2.45. The minimum Gasteiger partial charge on any atom is -0.507 e. The zero-order chi connectivity index (χ0) is 20.4. The van der Waals surface area contributed by atoms with Crippen molar-refractivity contribution in [3.63, 3.8) is 0 Å². The third kappa shape index (κ3) is 4.27. The van der Waals surface area contributed by atoms with Crippen LogP contribution in [-0.2, 0) is 0 Å².